The summed E-state index contributed by atoms with van der Waals surface area (Å²) in [5.74, 6) is -1.16. The lowest BCUT2D eigenvalue weighted by Gasteiger charge is -2.34. The number of para-hydroxylation sites is 1. The van der Waals surface area contributed by atoms with Gasteiger partial charge in [0.25, 0.3) is 5.91 Å². The standard InChI is InChI=1S/C27H32N4O4/c1-19-6-5-7-21(14-19)17-30-10-12-31(13-11-30)26(33)18-35-27(34)25(29-20(2)32)15-22-16-28-24-9-4-3-8-23(22)24/h3-9,14,16,25,28H,10-13,15,17-18H2,1-2H3,(H,29,32)/t25-/m0/s1. The van der Waals surface area contributed by atoms with Crippen molar-refractivity contribution in [3.8, 4) is 0 Å². The quantitative estimate of drug-likeness (QED) is 0.487. The first-order chi connectivity index (χ1) is 16.9. The van der Waals surface area contributed by atoms with Crippen molar-refractivity contribution in [3.63, 3.8) is 0 Å². The molecule has 1 aliphatic heterocycles. The van der Waals surface area contributed by atoms with Crippen LogP contribution in [0.3, 0.4) is 0 Å². The Bertz CT molecular complexity index is 1200. The summed E-state index contributed by atoms with van der Waals surface area (Å²) in [4.78, 5) is 44.4. The van der Waals surface area contributed by atoms with E-state index < -0.39 is 12.0 Å². The molecule has 0 aliphatic carbocycles. The summed E-state index contributed by atoms with van der Waals surface area (Å²) in [7, 11) is 0. The zero-order chi connectivity index (χ0) is 24.8. The number of ether oxygens (including phenoxy) is 1. The second kappa shape index (κ2) is 11.2. The summed E-state index contributed by atoms with van der Waals surface area (Å²) in [5, 5.41) is 3.64. The lowest BCUT2D eigenvalue weighted by molar-refractivity contribution is -0.155. The van der Waals surface area contributed by atoms with E-state index in [4.69, 9.17) is 4.74 Å². The van der Waals surface area contributed by atoms with Crippen molar-refractivity contribution < 1.29 is 19.1 Å². The third-order valence-electron chi connectivity index (χ3n) is 6.31. The van der Waals surface area contributed by atoms with E-state index >= 15 is 0 Å². The average molecular weight is 477 g/mol. The van der Waals surface area contributed by atoms with E-state index in [1.807, 2.05) is 30.5 Å². The van der Waals surface area contributed by atoms with Crippen LogP contribution in [-0.2, 0) is 32.1 Å². The molecule has 1 aliphatic rings. The van der Waals surface area contributed by atoms with Crippen LogP contribution in [-0.4, -0.2) is 71.4 Å². The van der Waals surface area contributed by atoms with E-state index in [0.29, 0.717) is 13.1 Å². The molecule has 8 nitrogen and oxygen atoms in total. The van der Waals surface area contributed by atoms with Crippen LogP contribution in [0.4, 0.5) is 0 Å². The molecule has 0 radical (unpaired) electrons. The van der Waals surface area contributed by atoms with E-state index in [0.717, 1.165) is 36.1 Å². The minimum absolute atomic E-state index is 0.220. The van der Waals surface area contributed by atoms with Crippen molar-refractivity contribution in [1.29, 1.82) is 0 Å². The lowest BCUT2D eigenvalue weighted by atomic mass is 10.0. The first-order valence-electron chi connectivity index (χ1n) is 11.9. The first kappa shape index (κ1) is 24.5. The second-order valence-electron chi connectivity index (χ2n) is 9.07. The molecule has 1 fully saturated rings. The third-order valence-corrected chi connectivity index (χ3v) is 6.31. The predicted octanol–water partition coefficient (Wildman–Crippen LogP) is 2.41. The second-order valence-corrected chi connectivity index (χ2v) is 9.07. The zero-order valence-corrected chi connectivity index (χ0v) is 20.3. The number of H-pyrrole nitrogens is 1. The van der Waals surface area contributed by atoms with Gasteiger partial charge in [-0.3, -0.25) is 14.5 Å². The van der Waals surface area contributed by atoms with E-state index in [2.05, 4.69) is 46.4 Å². The van der Waals surface area contributed by atoms with Gasteiger partial charge in [0.1, 0.15) is 6.04 Å². The van der Waals surface area contributed by atoms with Gasteiger partial charge < -0.3 is 19.9 Å². The van der Waals surface area contributed by atoms with Gasteiger partial charge in [0, 0.05) is 63.2 Å². The maximum Gasteiger partial charge on any atom is 0.329 e. The Morgan fingerprint density at radius 1 is 1.06 bits per heavy atom. The molecule has 0 unspecified atom stereocenters. The number of benzene rings is 2. The Morgan fingerprint density at radius 3 is 2.57 bits per heavy atom. The number of esters is 1. The van der Waals surface area contributed by atoms with E-state index in [1.54, 1.807) is 4.90 Å². The maximum atomic E-state index is 12.8. The molecule has 35 heavy (non-hydrogen) atoms. The number of rotatable bonds is 8. The highest BCUT2D eigenvalue weighted by Gasteiger charge is 2.26. The number of amides is 2. The molecule has 184 valence electrons. The molecule has 2 N–H and O–H groups in total. The van der Waals surface area contributed by atoms with Crippen molar-refractivity contribution in [2.75, 3.05) is 32.8 Å². The van der Waals surface area contributed by atoms with Gasteiger partial charge in [0.05, 0.1) is 0 Å². The minimum atomic E-state index is -0.870. The maximum absolute atomic E-state index is 12.8. The zero-order valence-electron chi connectivity index (χ0n) is 20.3. The Morgan fingerprint density at radius 2 is 1.83 bits per heavy atom. The fourth-order valence-corrected chi connectivity index (χ4v) is 4.51. The summed E-state index contributed by atoms with van der Waals surface area (Å²) >= 11 is 0. The molecule has 2 heterocycles. The number of aryl methyl sites for hydroxylation is 1. The van der Waals surface area contributed by atoms with Crippen LogP contribution in [0.15, 0.2) is 54.7 Å². The predicted molar refractivity (Wildman–Crippen MR) is 134 cm³/mol. The highest BCUT2D eigenvalue weighted by molar-refractivity contribution is 5.88. The van der Waals surface area contributed by atoms with Gasteiger partial charge >= 0.3 is 5.97 Å². The Labute approximate surface area is 205 Å². The number of hydrogen-bond acceptors (Lipinski definition) is 5. The highest BCUT2D eigenvalue weighted by atomic mass is 16.5. The summed E-state index contributed by atoms with van der Waals surface area (Å²) in [5.41, 5.74) is 4.35. The molecule has 1 aromatic heterocycles. The van der Waals surface area contributed by atoms with E-state index in [1.165, 1.54) is 18.1 Å². The molecular formula is C27H32N4O4. The lowest BCUT2D eigenvalue weighted by Crippen LogP contribution is -2.50. The summed E-state index contributed by atoms with van der Waals surface area (Å²) < 4.78 is 5.35. The molecule has 4 rings (SSSR count). The molecule has 1 saturated heterocycles. The summed E-state index contributed by atoms with van der Waals surface area (Å²) in [6.07, 6.45) is 2.10. The monoisotopic (exact) mass is 476 g/mol. The number of aromatic nitrogens is 1. The molecular weight excluding hydrogens is 444 g/mol. The highest BCUT2D eigenvalue weighted by Crippen LogP contribution is 2.19. The minimum Gasteiger partial charge on any atom is -0.454 e. The van der Waals surface area contributed by atoms with Crippen molar-refractivity contribution in [2.24, 2.45) is 0 Å². The van der Waals surface area contributed by atoms with Crippen LogP contribution in [0.2, 0.25) is 0 Å². The molecule has 2 amide bonds. The van der Waals surface area contributed by atoms with Gasteiger partial charge in [0.15, 0.2) is 6.61 Å². The van der Waals surface area contributed by atoms with Gasteiger partial charge in [-0.2, -0.15) is 0 Å². The van der Waals surface area contributed by atoms with Gasteiger partial charge in [-0.05, 0) is 24.1 Å². The molecule has 8 heteroatoms. The van der Waals surface area contributed by atoms with Crippen LogP contribution in [0.25, 0.3) is 10.9 Å². The van der Waals surface area contributed by atoms with Crippen LogP contribution in [0, 0.1) is 6.92 Å². The van der Waals surface area contributed by atoms with Crippen LogP contribution >= 0.6 is 0 Å². The number of aromatic amines is 1. The van der Waals surface area contributed by atoms with Crippen molar-refractivity contribution >= 4 is 28.7 Å². The summed E-state index contributed by atoms with van der Waals surface area (Å²) in [6.45, 7) is 6.67. The number of hydrogen-bond donors (Lipinski definition) is 2. The SMILES string of the molecule is CC(=O)N[C@@H](Cc1c[nH]c2ccccc12)C(=O)OCC(=O)N1CCN(Cc2cccc(C)c2)CC1. The number of piperazine rings is 1. The smallest absolute Gasteiger partial charge is 0.329 e. The van der Waals surface area contributed by atoms with Crippen LogP contribution in [0.1, 0.15) is 23.6 Å². The largest absolute Gasteiger partial charge is 0.454 e. The van der Waals surface area contributed by atoms with Crippen molar-refractivity contribution in [1.82, 2.24) is 20.1 Å². The number of carbonyl (C=O) groups is 3. The van der Waals surface area contributed by atoms with Crippen molar-refractivity contribution in [3.05, 3.63) is 71.4 Å². The van der Waals surface area contributed by atoms with Gasteiger partial charge in [-0.25, -0.2) is 4.79 Å². The molecule has 1 atom stereocenters. The van der Waals surface area contributed by atoms with Crippen molar-refractivity contribution in [2.45, 2.75) is 32.9 Å². The normalized spacial score (nSPS) is 15.1. The van der Waals surface area contributed by atoms with E-state index in [9.17, 15) is 14.4 Å². The number of carbonyl (C=O) groups excluding carboxylic acids is 3. The van der Waals surface area contributed by atoms with Crippen LogP contribution < -0.4 is 5.32 Å². The first-order valence-corrected chi connectivity index (χ1v) is 11.9. The Balaban J connectivity index is 1.28. The van der Waals surface area contributed by atoms with E-state index in [-0.39, 0.29) is 24.8 Å². The molecule has 2 aromatic carbocycles. The van der Waals surface area contributed by atoms with Gasteiger partial charge in [0.2, 0.25) is 5.91 Å². The molecule has 0 bridgehead atoms. The topological polar surface area (TPSA) is 94.7 Å². The Hall–Kier alpha value is -3.65. The number of nitrogens with one attached hydrogen (secondary N) is 2. The number of fused-ring (bicyclic) bond motifs is 1. The van der Waals surface area contributed by atoms with Crippen LogP contribution in [0.5, 0.6) is 0 Å². The fraction of sp³-hybridized carbons (Fsp3) is 0.370. The number of nitrogens with zero attached hydrogens (tertiary/aromatic N) is 2. The molecule has 3 aromatic rings. The third kappa shape index (κ3) is 6.48. The molecule has 0 spiro atoms. The molecule has 0 saturated carbocycles. The van der Waals surface area contributed by atoms with Gasteiger partial charge in [-0.1, -0.05) is 48.0 Å². The summed E-state index contributed by atoms with van der Waals surface area (Å²) in [6, 6.07) is 15.3. The fourth-order valence-electron chi connectivity index (χ4n) is 4.51. The van der Waals surface area contributed by atoms with Gasteiger partial charge in [-0.15, -0.1) is 0 Å². The Kier molecular flexibility index (Phi) is 7.82. The average Bonchev–Trinajstić information content (AvgIpc) is 3.25.